The number of halogens is 1. The number of pyridine rings is 1. The molecule has 120 valence electrons. The van der Waals surface area contributed by atoms with Crippen molar-refractivity contribution in [2.45, 2.75) is 6.92 Å². The Balaban J connectivity index is 0.000000847. The van der Waals surface area contributed by atoms with Crippen LogP contribution < -0.4 is 5.32 Å². The molecule has 4 nitrogen and oxygen atoms in total. The van der Waals surface area contributed by atoms with E-state index in [1.807, 2.05) is 12.3 Å². The molecular formula is C17H25ClN4. The van der Waals surface area contributed by atoms with Crippen LogP contribution in [0.3, 0.4) is 0 Å². The van der Waals surface area contributed by atoms with Gasteiger partial charge in [-0.1, -0.05) is 25.1 Å². The van der Waals surface area contributed by atoms with Crippen LogP contribution in [-0.2, 0) is 0 Å². The minimum absolute atomic E-state index is 0.908. The number of anilines is 1. The molecule has 0 amide bonds. The summed E-state index contributed by atoms with van der Waals surface area (Å²) in [6.07, 6.45) is 3.35. The molecule has 0 bridgehead atoms. The number of nitrogens with zero attached hydrogens (tertiary/aromatic N) is 3. The standard InChI is InChI=1S/C16H22N4.CH3Cl/c1-2-19-9-11-20(12-10-19)13-18-16-7-8-17-15-6-4-3-5-14(15)16;1-2/h3-8H,2,9-13H2,1H3,(H,17,18);1H3. The van der Waals surface area contributed by atoms with Gasteiger partial charge in [0.05, 0.1) is 12.2 Å². The van der Waals surface area contributed by atoms with Crippen molar-refractivity contribution < 1.29 is 0 Å². The highest BCUT2D eigenvalue weighted by molar-refractivity contribution is 6.15. The highest BCUT2D eigenvalue weighted by Gasteiger charge is 2.14. The number of hydrogen-bond acceptors (Lipinski definition) is 4. The van der Waals surface area contributed by atoms with E-state index in [1.165, 1.54) is 30.5 Å². The second-order valence-corrected chi connectivity index (χ2v) is 5.26. The minimum atomic E-state index is 0.908. The molecule has 5 heteroatoms. The van der Waals surface area contributed by atoms with Crippen molar-refractivity contribution in [1.82, 2.24) is 14.8 Å². The number of fused-ring (bicyclic) bond motifs is 1. The summed E-state index contributed by atoms with van der Waals surface area (Å²) in [4.78, 5) is 9.37. The van der Waals surface area contributed by atoms with Gasteiger partial charge in [0.15, 0.2) is 0 Å². The summed E-state index contributed by atoms with van der Waals surface area (Å²) in [6.45, 7) is 8.94. The normalized spacial score (nSPS) is 16.1. The van der Waals surface area contributed by atoms with Crippen LogP contribution in [0.15, 0.2) is 36.5 Å². The molecule has 1 aliphatic rings. The number of alkyl halides is 1. The minimum Gasteiger partial charge on any atom is -0.372 e. The number of hydrogen-bond donors (Lipinski definition) is 1. The van der Waals surface area contributed by atoms with Crippen molar-refractivity contribution in [1.29, 1.82) is 0 Å². The van der Waals surface area contributed by atoms with Gasteiger partial charge in [0.1, 0.15) is 0 Å². The number of aromatic nitrogens is 1. The van der Waals surface area contributed by atoms with Gasteiger partial charge in [-0.3, -0.25) is 9.88 Å². The first-order valence-electron chi connectivity index (χ1n) is 7.77. The summed E-state index contributed by atoms with van der Waals surface area (Å²) in [7, 11) is 0. The van der Waals surface area contributed by atoms with Crippen molar-refractivity contribution in [2.24, 2.45) is 0 Å². The van der Waals surface area contributed by atoms with Crippen molar-refractivity contribution in [2.75, 3.05) is 51.1 Å². The third-order valence-electron chi connectivity index (χ3n) is 4.05. The van der Waals surface area contributed by atoms with Crippen LogP contribution in [0.25, 0.3) is 10.9 Å². The predicted octanol–water partition coefficient (Wildman–Crippen LogP) is 3.10. The summed E-state index contributed by atoms with van der Waals surface area (Å²) in [5, 5.41) is 4.75. The van der Waals surface area contributed by atoms with Gasteiger partial charge in [-0.05, 0) is 18.7 Å². The zero-order chi connectivity index (χ0) is 15.8. The molecule has 0 atom stereocenters. The van der Waals surface area contributed by atoms with Crippen LogP contribution in [0.4, 0.5) is 5.69 Å². The number of rotatable bonds is 4. The van der Waals surface area contributed by atoms with Crippen LogP contribution >= 0.6 is 11.6 Å². The predicted molar refractivity (Wildman–Crippen MR) is 95.7 cm³/mol. The molecule has 3 rings (SSSR count). The van der Waals surface area contributed by atoms with Crippen LogP contribution in [0, 0.1) is 0 Å². The zero-order valence-corrected chi connectivity index (χ0v) is 14.2. The van der Waals surface area contributed by atoms with Gasteiger partial charge >= 0.3 is 0 Å². The molecule has 0 unspecified atom stereocenters. The van der Waals surface area contributed by atoms with E-state index in [4.69, 9.17) is 0 Å². The summed E-state index contributed by atoms with van der Waals surface area (Å²) in [5.74, 6) is 0. The fourth-order valence-electron chi connectivity index (χ4n) is 2.71. The molecule has 1 aromatic carbocycles. The first-order valence-corrected chi connectivity index (χ1v) is 8.52. The lowest BCUT2D eigenvalue weighted by Crippen LogP contribution is -2.47. The van der Waals surface area contributed by atoms with Crippen molar-refractivity contribution >= 4 is 28.2 Å². The zero-order valence-electron chi connectivity index (χ0n) is 13.4. The van der Waals surface area contributed by atoms with Crippen LogP contribution in [0.1, 0.15) is 6.92 Å². The molecule has 0 saturated carbocycles. The van der Waals surface area contributed by atoms with Gasteiger partial charge in [-0.15, -0.1) is 11.6 Å². The van der Waals surface area contributed by atoms with Crippen LogP contribution in [-0.4, -0.2) is 60.6 Å². The Morgan fingerprint density at radius 3 is 2.45 bits per heavy atom. The fourth-order valence-corrected chi connectivity index (χ4v) is 2.71. The molecular weight excluding hydrogens is 296 g/mol. The highest BCUT2D eigenvalue weighted by atomic mass is 35.5. The second-order valence-electron chi connectivity index (χ2n) is 5.26. The Morgan fingerprint density at radius 1 is 1.05 bits per heavy atom. The van der Waals surface area contributed by atoms with Crippen molar-refractivity contribution in [3.05, 3.63) is 36.5 Å². The van der Waals surface area contributed by atoms with Gasteiger partial charge in [0.2, 0.25) is 0 Å². The van der Waals surface area contributed by atoms with Gasteiger partial charge in [-0.2, -0.15) is 0 Å². The van der Waals surface area contributed by atoms with Crippen LogP contribution in [0.5, 0.6) is 0 Å². The van der Waals surface area contributed by atoms with Gasteiger partial charge in [-0.25, -0.2) is 0 Å². The number of likely N-dealkylation sites (N-methyl/N-ethyl adjacent to an activating group) is 1. The molecule has 1 aliphatic heterocycles. The van der Waals surface area contributed by atoms with Crippen molar-refractivity contribution in [3.8, 4) is 0 Å². The summed E-state index contributed by atoms with van der Waals surface area (Å²) < 4.78 is 0. The first kappa shape index (κ1) is 17.0. The molecule has 1 fully saturated rings. The molecule has 2 aromatic rings. The van der Waals surface area contributed by atoms with Crippen LogP contribution in [0.2, 0.25) is 0 Å². The SMILES string of the molecule is CCN1CCN(CNc2ccnc3ccccc23)CC1.CCl. The van der Waals surface area contributed by atoms with Gasteiger partial charge in [0.25, 0.3) is 0 Å². The van der Waals surface area contributed by atoms with Gasteiger partial charge in [0, 0.05) is 49.8 Å². The molecule has 0 spiro atoms. The van der Waals surface area contributed by atoms with E-state index in [1.54, 1.807) is 0 Å². The number of nitrogens with one attached hydrogen (secondary N) is 1. The largest absolute Gasteiger partial charge is 0.372 e. The third kappa shape index (κ3) is 4.32. The molecule has 22 heavy (non-hydrogen) atoms. The number of para-hydroxylation sites is 1. The Labute approximate surface area is 138 Å². The van der Waals surface area contributed by atoms with E-state index in [9.17, 15) is 0 Å². The Morgan fingerprint density at radius 2 is 1.73 bits per heavy atom. The van der Waals surface area contributed by atoms with E-state index in [0.29, 0.717) is 0 Å². The monoisotopic (exact) mass is 320 g/mol. The van der Waals surface area contributed by atoms with Gasteiger partial charge < -0.3 is 10.2 Å². The lowest BCUT2D eigenvalue weighted by atomic mass is 10.2. The molecule has 2 heterocycles. The maximum atomic E-state index is 4.64. The molecule has 1 N–H and O–H groups in total. The molecule has 0 radical (unpaired) electrons. The fraction of sp³-hybridized carbons (Fsp3) is 0.471. The molecule has 1 saturated heterocycles. The molecule has 1 aromatic heterocycles. The van der Waals surface area contributed by atoms with E-state index in [2.05, 4.69) is 62.9 Å². The highest BCUT2D eigenvalue weighted by Crippen LogP contribution is 2.20. The third-order valence-corrected chi connectivity index (χ3v) is 4.05. The first-order chi connectivity index (χ1) is 10.9. The van der Waals surface area contributed by atoms with E-state index < -0.39 is 0 Å². The van der Waals surface area contributed by atoms with Crippen molar-refractivity contribution in [3.63, 3.8) is 0 Å². The number of piperazine rings is 1. The average Bonchev–Trinajstić information content (AvgIpc) is 2.62. The number of benzene rings is 1. The molecule has 0 aliphatic carbocycles. The lowest BCUT2D eigenvalue weighted by Gasteiger charge is -2.34. The Kier molecular flexibility index (Phi) is 6.90. The summed E-state index contributed by atoms with van der Waals surface area (Å²) in [5.41, 5.74) is 2.22. The maximum Gasteiger partial charge on any atom is 0.0722 e. The lowest BCUT2D eigenvalue weighted by molar-refractivity contribution is 0.144. The quantitative estimate of drug-likeness (QED) is 0.877. The van der Waals surface area contributed by atoms with E-state index >= 15 is 0 Å². The summed E-state index contributed by atoms with van der Waals surface area (Å²) >= 11 is 4.64. The smallest absolute Gasteiger partial charge is 0.0722 e. The second kappa shape index (κ2) is 8.93. The topological polar surface area (TPSA) is 31.4 Å². The van der Waals surface area contributed by atoms with E-state index in [0.717, 1.165) is 31.8 Å². The Hall–Kier alpha value is -1.36. The average molecular weight is 321 g/mol. The van der Waals surface area contributed by atoms with E-state index in [-0.39, 0.29) is 0 Å². The maximum absolute atomic E-state index is 4.64. The summed E-state index contributed by atoms with van der Waals surface area (Å²) in [6, 6.07) is 10.3. The Bertz CT molecular complexity index is 562.